The van der Waals surface area contributed by atoms with Crippen LogP contribution in [0.5, 0.6) is 0 Å². The van der Waals surface area contributed by atoms with E-state index in [1.807, 2.05) is 24.4 Å². The summed E-state index contributed by atoms with van der Waals surface area (Å²) in [6.45, 7) is 5.35. The van der Waals surface area contributed by atoms with E-state index < -0.39 is 5.60 Å². The van der Waals surface area contributed by atoms with Crippen molar-refractivity contribution in [3.63, 3.8) is 0 Å². The Labute approximate surface area is 92.4 Å². The van der Waals surface area contributed by atoms with E-state index in [4.69, 9.17) is 4.42 Å². The number of aliphatic hydroxyl groups is 1. The molecule has 15 heavy (non-hydrogen) atoms. The van der Waals surface area contributed by atoms with Crippen LogP contribution in [-0.2, 0) is 5.60 Å². The first-order valence-electron chi connectivity index (χ1n) is 4.72. The largest absolute Gasteiger partial charge is 0.460 e. The highest BCUT2D eigenvalue weighted by Gasteiger charge is 2.21. The molecular weight excluding hydrogens is 210 g/mol. The third kappa shape index (κ3) is 2.11. The van der Waals surface area contributed by atoms with Gasteiger partial charge in [0.1, 0.15) is 22.1 Å². The molecule has 2 aromatic heterocycles. The number of aromatic nitrogens is 1. The molecule has 80 valence electrons. The van der Waals surface area contributed by atoms with E-state index in [-0.39, 0.29) is 0 Å². The fourth-order valence-electron chi connectivity index (χ4n) is 1.24. The van der Waals surface area contributed by atoms with Crippen molar-refractivity contribution in [2.24, 2.45) is 0 Å². The van der Waals surface area contributed by atoms with Gasteiger partial charge in [-0.3, -0.25) is 0 Å². The first-order chi connectivity index (χ1) is 6.97. The maximum absolute atomic E-state index is 9.77. The Hall–Kier alpha value is -1.13. The van der Waals surface area contributed by atoms with Gasteiger partial charge in [-0.2, -0.15) is 0 Å². The van der Waals surface area contributed by atoms with Gasteiger partial charge >= 0.3 is 0 Å². The second kappa shape index (κ2) is 3.47. The van der Waals surface area contributed by atoms with Gasteiger partial charge < -0.3 is 9.52 Å². The van der Waals surface area contributed by atoms with Crippen LogP contribution in [0, 0.1) is 6.92 Å². The molecule has 0 amide bonds. The fraction of sp³-hybridized carbons (Fsp3) is 0.364. The molecule has 0 aliphatic heterocycles. The molecule has 2 aromatic rings. The number of thiazole rings is 1. The SMILES string of the molecule is Cc1ccc(-c2csc(C(C)(C)O)n2)o1. The van der Waals surface area contributed by atoms with E-state index in [2.05, 4.69) is 4.98 Å². The molecule has 0 unspecified atom stereocenters. The predicted molar refractivity (Wildman–Crippen MR) is 59.8 cm³/mol. The summed E-state index contributed by atoms with van der Waals surface area (Å²) in [5, 5.41) is 12.4. The van der Waals surface area contributed by atoms with Crippen molar-refractivity contribution in [3.05, 3.63) is 28.3 Å². The van der Waals surface area contributed by atoms with E-state index in [9.17, 15) is 5.11 Å². The molecule has 0 fully saturated rings. The van der Waals surface area contributed by atoms with Gasteiger partial charge in [-0.25, -0.2) is 4.98 Å². The molecule has 0 atom stereocenters. The highest BCUT2D eigenvalue weighted by molar-refractivity contribution is 7.10. The number of rotatable bonds is 2. The lowest BCUT2D eigenvalue weighted by Crippen LogP contribution is -2.14. The Morgan fingerprint density at radius 2 is 2.13 bits per heavy atom. The molecule has 2 heterocycles. The highest BCUT2D eigenvalue weighted by atomic mass is 32.1. The Bertz CT molecular complexity index is 465. The van der Waals surface area contributed by atoms with Gasteiger partial charge in [0.2, 0.25) is 0 Å². The predicted octanol–water partition coefficient (Wildman–Crippen LogP) is 2.94. The summed E-state index contributed by atoms with van der Waals surface area (Å²) in [6.07, 6.45) is 0. The van der Waals surface area contributed by atoms with Gasteiger partial charge in [-0.15, -0.1) is 11.3 Å². The number of nitrogens with zero attached hydrogens (tertiary/aromatic N) is 1. The smallest absolute Gasteiger partial charge is 0.153 e. The minimum Gasteiger partial charge on any atom is -0.460 e. The second-order valence-corrected chi connectivity index (χ2v) is 4.87. The van der Waals surface area contributed by atoms with Crippen molar-refractivity contribution in [1.29, 1.82) is 0 Å². The molecule has 2 rings (SSSR count). The lowest BCUT2D eigenvalue weighted by Gasteiger charge is -2.12. The van der Waals surface area contributed by atoms with E-state index in [1.165, 1.54) is 11.3 Å². The molecular formula is C11H13NO2S. The number of hydrogen-bond acceptors (Lipinski definition) is 4. The van der Waals surface area contributed by atoms with Crippen LogP contribution in [0.3, 0.4) is 0 Å². The van der Waals surface area contributed by atoms with Crippen molar-refractivity contribution >= 4 is 11.3 Å². The molecule has 0 saturated carbocycles. The first-order valence-corrected chi connectivity index (χ1v) is 5.60. The van der Waals surface area contributed by atoms with Crippen LogP contribution in [0.4, 0.5) is 0 Å². The molecule has 0 bridgehead atoms. The first kappa shape index (κ1) is 10.4. The average molecular weight is 223 g/mol. The Morgan fingerprint density at radius 3 is 2.60 bits per heavy atom. The minimum absolute atomic E-state index is 0.701. The van der Waals surface area contributed by atoms with Crippen LogP contribution in [0.2, 0.25) is 0 Å². The zero-order chi connectivity index (χ0) is 11.1. The molecule has 0 saturated heterocycles. The van der Waals surface area contributed by atoms with Gasteiger partial charge in [0, 0.05) is 5.38 Å². The zero-order valence-electron chi connectivity index (χ0n) is 8.94. The van der Waals surface area contributed by atoms with Crippen LogP contribution in [0.15, 0.2) is 21.9 Å². The molecule has 4 heteroatoms. The monoisotopic (exact) mass is 223 g/mol. The number of hydrogen-bond donors (Lipinski definition) is 1. The second-order valence-electron chi connectivity index (χ2n) is 4.01. The standard InChI is InChI=1S/C11H13NO2S/c1-7-4-5-9(14-7)8-6-15-10(12-8)11(2,3)13/h4-6,13H,1-3H3. The topological polar surface area (TPSA) is 46.3 Å². The summed E-state index contributed by atoms with van der Waals surface area (Å²) in [7, 11) is 0. The van der Waals surface area contributed by atoms with Crippen LogP contribution >= 0.6 is 11.3 Å². The van der Waals surface area contributed by atoms with Crippen molar-refractivity contribution in [2.75, 3.05) is 0 Å². The van der Waals surface area contributed by atoms with Gasteiger partial charge in [-0.05, 0) is 32.9 Å². The third-order valence-corrected chi connectivity index (χ3v) is 3.18. The molecule has 1 N–H and O–H groups in total. The third-order valence-electron chi connectivity index (χ3n) is 2.02. The van der Waals surface area contributed by atoms with Gasteiger partial charge in [0.25, 0.3) is 0 Å². The van der Waals surface area contributed by atoms with E-state index in [0.29, 0.717) is 5.01 Å². The molecule has 0 spiro atoms. The lowest BCUT2D eigenvalue weighted by atomic mass is 10.1. The molecule has 0 aliphatic carbocycles. The summed E-state index contributed by atoms with van der Waals surface area (Å²) in [4.78, 5) is 4.34. The summed E-state index contributed by atoms with van der Waals surface area (Å²) >= 11 is 1.44. The van der Waals surface area contributed by atoms with Crippen LogP contribution in [-0.4, -0.2) is 10.1 Å². The highest BCUT2D eigenvalue weighted by Crippen LogP contribution is 2.29. The normalized spacial score (nSPS) is 12.0. The van der Waals surface area contributed by atoms with Crippen LogP contribution < -0.4 is 0 Å². The average Bonchev–Trinajstić information content (AvgIpc) is 2.69. The minimum atomic E-state index is -0.884. The quantitative estimate of drug-likeness (QED) is 0.851. The Balaban J connectivity index is 2.36. The fourth-order valence-corrected chi connectivity index (χ4v) is 2.07. The van der Waals surface area contributed by atoms with Crippen molar-refractivity contribution in [1.82, 2.24) is 4.98 Å². The Kier molecular flexibility index (Phi) is 2.40. The van der Waals surface area contributed by atoms with Crippen molar-refractivity contribution in [3.8, 4) is 11.5 Å². The van der Waals surface area contributed by atoms with E-state index in [1.54, 1.807) is 13.8 Å². The van der Waals surface area contributed by atoms with Crippen LogP contribution in [0.25, 0.3) is 11.5 Å². The Morgan fingerprint density at radius 1 is 1.40 bits per heavy atom. The molecule has 0 aliphatic rings. The van der Waals surface area contributed by atoms with Crippen LogP contribution in [0.1, 0.15) is 24.6 Å². The summed E-state index contributed by atoms with van der Waals surface area (Å²) in [5.41, 5.74) is -0.102. The van der Waals surface area contributed by atoms with Crippen molar-refractivity contribution in [2.45, 2.75) is 26.4 Å². The number of aryl methyl sites for hydroxylation is 1. The van der Waals surface area contributed by atoms with Gasteiger partial charge in [0.05, 0.1) is 0 Å². The number of furan rings is 1. The molecule has 0 radical (unpaired) electrons. The zero-order valence-corrected chi connectivity index (χ0v) is 9.76. The van der Waals surface area contributed by atoms with Gasteiger partial charge in [0.15, 0.2) is 5.76 Å². The summed E-state index contributed by atoms with van der Waals surface area (Å²) in [6, 6.07) is 3.79. The summed E-state index contributed by atoms with van der Waals surface area (Å²) in [5.74, 6) is 1.61. The van der Waals surface area contributed by atoms with E-state index in [0.717, 1.165) is 17.2 Å². The molecule has 0 aromatic carbocycles. The van der Waals surface area contributed by atoms with Crippen molar-refractivity contribution < 1.29 is 9.52 Å². The lowest BCUT2D eigenvalue weighted by molar-refractivity contribution is 0.0783. The van der Waals surface area contributed by atoms with E-state index >= 15 is 0 Å². The maximum atomic E-state index is 9.77. The van der Waals surface area contributed by atoms with Gasteiger partial charge in [-0.1, -0.05) is 0 Å². The molecule has 3 nitrogen and oxygen atoms in total. The maximum Gasteiger partial charge on any atom is 0.153 e. The summed E-state index contributed by atoms with van der Waals surface area (Å²) < 4.78 is 5.46.